The lowest BCUT2D eigenvalue weighted by atomic mass is 10.1. The summed E-state index contributed by atoms with van der Waals surface area (Å²) in [6, 6.07) is 12.7. The average Bonchev–Trinajstić information content (AvgIpc) is 3.41. The van der Waals surface area contributed by atoms with Crippen LogP contribution < -0.4 is 5.32 Å². The second-order valence-electron chi connectivity index (χ2n) is 7.32. The summed E-state index contributed by atoms with van der Waals surface area (Å²) >= 11 is 6.02. The molecule has 0 saturated heterocycles. The summed E-state index contributed by atoms with van der Waals surface area (Å²) in [4.78, 5) is 15.5. The van der Waals surface area contributed by atoms with Gasteiger partial charge in [0.15, 0.2) is 5.76 Å². The molecule has 0 aliphatic rings. The molecule has 0 radical (unpaired) electrons. The lowest BCUT2D eigenvalue weighted by molar-refractivity contribution is 0.0929. The number of carbonyl (C=O) groups excluding carboxylic acids is 1. The lowest BCUT2D eigenvalue weighted by Crippen LogP contribution is -2.34. The van der Waals surface area contributed by atoms with Crippen LogP contribution in [0, 0.1) is 0 Å². The van der Waals surface area contributed by atoms with Crippen molar-refractivity contribution in [2.45, 2.75) is 39.7 Å². The molecule has 0 fully saturated rings. The summed E-state index contributed by atoms with van der Waals surface area (Å²) in [6.45, 7) is 9.52. The fraction of sp³-hybridized carbons (Fsp3) is 0.391. The Labute approximate surface area is 182 Å². The molecule has 0 spiro atoms. The standard InChI is InChI=1S/C23H29ClN4O2/c1-4-27(5-2)14-6-8-17(3)25-23(29)21-16-20(22-9-7-15-30-22)26-28(21)19-12-10-18(24)11-13-19/h7,9-13,15-17H,4-6,8,14H2,1-3H3,(H,25,29). The Hall–Kier alpha value is -2.57. The first kappa shape index (κ1) is 22.1. The third-order valence-electron chi connectivity index (χ3n) is 5.17. The number of hydrogen-bond acceptors (Lipinski definition) is 4. The van der Waals surface area contributed by atoms with E-state index in [-0.39, 0.29) is 11.9 Å². The van der Waals surface area contributed by atoms with E-state index in [0.717, 1.165) is 38.2 Å². The van der Waals surface area contributed by atoms with Gasteiger partial charge in [-0.3, -0.25) is 4.79 Å². The molecule has 0 aliphatic carbocycles. The summed E-state index contributed by atoms with van der Waals surface area (Å²) < 4.78 is 7.10. The normalized spacial score (nSPS) is 12.3. The topological polar surface area (TPSA) is 63.3 Å². The monoisotopic (exact) mass is 428 g/mol. The van der Waals surface area contributed by atoms with Crippen molar-refractivity contribution in [1.82, 2.24) is 20.0 Å². The SMILES string of the molecule is CCN(CC)CCCC(C)NC(=O)c1cc(-c2ccco2)nn1-c1ccc(Cl)cc1. The molecule has 1 atom stereocenters. The smallest absolute Gasteiger partial charge is 0.270 e. The molecule has 1 aromatic carbocycles. The highest BCUT2D eigenvalue weighted by molar-refractivity contribution is 6.30. The molecular formula is C23H29ClN4O2. The van der Waals surface area contributed by atoms with E-state index >= 15 is 0 Å². The van der Waals surface area contributed by atoms with Gasteiger partial charge in [0.1, 0.15) is 11.4 Å². The maximum absolute atomic E-state index is 13.1. The van der Waals surface area contributed by atoms with Crippen molar-refractivity contribution in [2.24, 2.45) is 0 Å². The molecule has 0 aliphatic heterocycles. The molecule has 3 aromatic rings. The number of carbonyl (C=O) groups is 1. The number of hydrogen-bond donors (Lipinski definition) is 1. The van der Waals surface area contributed by atoms with Crippen molar-refractivity contribution in [3.05, 3.63) is 59.4 Å². The van der Waals surface area contributed by atoms with Gasteiger partial charge in [0.05, 0.1) is 12.0 Å². The number of rotatable bonds is 10. The zero-order valence-corrected chi connectivity index (χ0v) is 18.5. The van der Waals surface area contributed by atoms with Crippen LogP contribution >= 0.6 is 11.6 Å². The second kappa shape index (κ2) is 10.5. The Morgan fingerprint density at radius 3 is 2.60 bits per heavy atom. The first-order chi connectivity index (χ1) is 14.5. The maximum Gasteiger partial charge on any atom is 0.270 e. The largest absolute Gasteiger partial charge is 0.463 e. The van der Waals surface area contributed by atoms with Crippen molar-refractivity contribution >= 4 is 17.5 Å². The van der Waals surface area contributed by atoms with E-state index in [9.17, 15) is 4.79 Å². The summed E-state index contributed by atoms with van der Waals surface area (Å²) in [5.41, 5.74) is 1.82. The molecule has 2 aromatic heterocycles. The van der Waals surface area contributed by atoms with Gasteiger partial charge < -0.3 is 14.6 Å². The molecule has 1 amide bonds. The maximum atomic E-state index is 13.1. The van der Waals surface area contributed by atoms with Crippen LogP contribution in [-0.4, -0.2) is 46.3 Å². The van der Waals surface area contributed by atoms with Crippen molar-refractivity contribution < 1.29 is 9.21 Å². The Morgan fingerprint density at radius 2 is 1.97 bits per heavy atom. The molecule has 0 bridgehead atoms. The number of halogens is 1. The number of benzene rings is 1. The summed E-state index contributed by atoms with van der Waals surface area (Å²) in [5.74, 6) is 0.453. The number of amides is 1. The van der Waals surface area contributed by atoms with Crippen LogP contribution in [0.3, 0.4) is 0 Å². The van der Waals surface area contributed by atoms with Gasteiger partial charge in [0.2, 0.25) is 0 Å². The quantitative estimate of drug-likeness (QED) is 0.492. The lowest BCUT2D eigenvalue weighted by Gasteiger charge is -2.20. The van der Waals surface area contributed by atoms with E-state index in [1.165, 1.54) is 0 Å². The van der Waals surface area contributed by atoms with Gasteiger partial charge >= 0.3 is 0 Å². The highest BCUT2D eigenvalue weighted by atomic mass is 35.5. The Bertz CT molecular complexity index is 931. The highest BCUT2D eigenvalue weighted by Crippen LogP contribution is 2.23. The Kier molecular flexibility index (Phi) is 7.71. The van der Waals surface area contributed by atoms with Crippen molar-refractivity contribution in [2.75, 3.05) is 19.6 Å². The fourth-order valence-electron chi connectivity index (χ4n) is 3.40. The van der Waals surface area contributed by atoms with Gasteiger partial charge in [0.25, 0.3) is 5.91 Å². The molecule has 2 heterocycles. The van der Waals surface area contributed by atoms with E-state index < -0.39 is 0 Å². The third kappa shape index (κ3) is 5.52. The minimum absolute atomic E-state index is 0.0636. The van der Waals surface area contributed by atoms with E-state index in [0.29, 0.717) is 22.2 Å². The van der Waals surface area contributed by atoms with E-state index in [1.54, 1.807) is 35.2 Å². The van der Waals surface area contributed by atoms with Gasteiger partial charge in [0, 0.05) is 17.1 Å². The third-order valence-corrected chi connectivity index (χ3v) is 5.42. The van der Waals surface area contributed by atoms with E-state index in [1.807, 2.05) is 25.1 Å². The van der Waals surface area contributed by atoms with Crippen LogP contribution in [-0.2, 0) is 0 Å². The predicted molar refractivity (Wildman–Crippen MR) is 120 cm³/mol. The molecule has 3 rings (SSSR count). The van der Waals surface area contributed by atoms with Gasteiger partial charge in [-0.05, 0) is 75.8 Å². The molecule has 6 nitrogen and oxygen atoms in total. The van der Waals surface area contributed by atoms with Crippen molar-refractivity contribution in [3.63, 3.8) is 0 Å². The molecule has 1 N–H and O–H groups in total. The first-order valence-electron chi connectivity index (χ1n) is 10.4. The minimum Gasteiger partial charge on any atom is -0.463 e. The van der Waals surface area contributed by atoms with Crippen LogP contribution in [0.25, 0.3) is 17.1 Å². The Balaban J connectivity index is 1.76. The number of aromatic nitrogens is 2. The van der Waals surface area contributed by atoms with Crippen LogP contribution in [0.2, 0.25) is 5.02 Å². The minimum atomic E-state index is -0.161. The molecular weight excluding hydrogens is 400 g/mol. The van der Waals surface area contributed by atoms with Crippen molar-refractivity contribution in [1.29, 1.82) is 0 Å². The van der Waals surface area contributed by atoms with Gasteiger partial charge in [-0.2, -0.15) is 5.10 Å². The molecule has 30 heavy (non-hydrogen) atoms. The number of furan rings is 1. The van der Waals surface area contributed by atoms with E-state index in [2.05, 4.69) is 29.2 Å². The molecule has 160 valence electrons. The van der Waals surface area contributed by atoms with E-state index in [4.69, 9.17) is 16.0 Å². The van der Waals surface area contributed by atoms with Crippen molar-refractivity contribution in [3.8, 4) is 17.1 Å². The second-order valence-corrected chi connectivity index (χ2v) is 7.76. The summed E-state index contributed by atoms with van der Waals surface area (Å²) in [6.07, 6.45) is 3.55. The first-order valence-corrected chi connectivity index (χ1v) is 10.8. The Morgan fingerprint density at radius 1 is 1.23 bits per heavy atom. The fourth-order valence-corrected chi connectivity index (χ4v) is 3.52. The highest BCUT2D eigenvalue weighted by Gasteiger charge is 2.20. The summed E-state index contributed by atoms with van der Waals surface area (Å²) in [7, 11) is 0. The van der Waals surface area contributed by atoms with Gasteiger partial charge in [-0.1, -0.05) is 25.4 Å². The number of nitrogens with one attached hydrogen (secondary N) is 1. The van der Waals surface area contributed by atoms with Crippen LogP contribution in [0.15, 0.2) is 53.1 Å². The predicted octanol–water partition coefficient (Wildman–Crippen LogP) is 5.03. The zero-order chi connectivity index (χ0) is 21.5. The number of nitrogens with zero attached hydrogens (tertiary/aromatic N) is 3. The molecule has 7 heteroatoms. The average molecular weight is 429 g/mol. The van der Waals surface area contributed by atoms with Gasteiger partial charge in [-0.15, -0.1) is 0 Å². The summed E-state index contributed by atoms with van der Waals surface area (Å²) in [5, 5.41) is 8.34. The van der Waals surface area contributed by atoms with Crippen LogP contribution in [0.4, 0.5) is 0 Å². The van der Waals surface area contributed by atoms with Crippen LogP contribution in [0.5, 0.6) is 0 Å². The van der Waals surface area contributed by atoms with Gasteiger partial charge in [-0.25, -0.2) is 4.68 Å². The molecule has 0 saturated carbocycles. The van der Waals surface area contributed by atoms with Crippen LogP contribution in [0.1, 0.15) is 44.1 Å². The molecule has 1 unspecified atom stereocenters. The zero-order valence-electron chi connectivity index (χ0n) is 17.8.